The monoisotopic (exact) mass is 557 g/mol. The van der Waals surface area contributed by atoms with Gasteiger partial charge >= 0.3 is 0 Å². The second-order valence-corrected chi connectivity index (χ2v) is 9.12. The first kappa shape index (κ1) is 27.3. The highest BCUT2D eigenvalue weighted by Crippen LogP contribution is 2.44. The highest BCUT2D eigenvalue weighted by molar-refractivity contribution is 6.10. The zero-order valence-electron chi connectivity index (χ0n) is 22.8. The molecule has 0 fully saturated rings. The van der Waals surface area contributed by atoms with Gasteiger partial charge in [-0.1, -0.05) is 24.3 Å². The predicted molar refractivity (Wildman–Crippen MR) is 152 cm³/mol. The van der Waals surface area contributed by atoms with Crippen molar-refractivity contribution in [2.75, 3.05) is 37.3 Å². The Hall–Kier alpha value is -5.32. The number of nitrogens with one attached hydrogen (secondary N) is 3. The molecule has 0 aliphatic carbocycles. The van der Waals surface area contributed by atoms with E-state index >= 15 is 0 Å². The number of carbonyl (C=O) groups excluding carboxylic acids is 2. The normalized spacial score (nSPS) is 14.0. The predicted octanol–water partition coefficient (Wildman–Crippen LogP) is 5.23. The van der Waals surface area contributed by atoms with Crippen molar-refractivity contribution in [3.05, 3.63) is 101 Å². The number of methoxy groups -OCH3 is 3. The number of allylic oxidation sites excluding steroid dienone is 1. The fourth-order valence-corrected chi connectivity index (χ4v) is 4.80. The standard InChI is InChI=1S/C30H28FN5O5/c1-17-25(30(38)35-22-9-5-6-10-23(22)39-2)26(20-8-7-11-24(40-3)27(20)41-4)36-28(33-17)21(16-32-36)29(37)34-19-14-12-18(31)13-15-19/h5-16,26,33H,1-4H3,(H,34,37)(H,35,38)/t26-/m0/s1. The van der Waals surface area contributed by atoms with Crippen molar-refractivity contribution in [2.45, 2.75) is 13.0 Å². The highest BCUT2D eigenvalue weighted by atomic mass is 19.1. The SMILES string of the molecule is COc1ccccc1NC(=O)C1=C(C)Nc2c(C(=O)Nc3ccc(F)cc3)cnn2[C@H]1c1cccc(OC)c1OC. The molecule has 4 aromatic rings. The molecule has 0 saturated carbocycles. The number of amides is 2. The van der Waals surface area contributed by atoms with Crippen LogP contribution in [0, 0.1) is 5.82 Å². The molecule has 10 nitrogen and oxygen atoms in total. The van der Waals surface area contributed by atoms with E-state index in [4.69, 9.17) is 14.2 Å². The lowest BCUT2D eigenvalue weighted by Crippen LogP contribution is -2.32. The fraction of sp³-hybridized carbons (Fsp3) is 0.167. The van der Waals surface area contributed by atoms with Crippen molar-refractivity contribution in [1.82, 2.24) is 9.78 Å². The minimum atomic E-state index is -0.807. The van der Waals surface area contributed by atoms with Gasteiger partial charge < -0.3 is 30.2 Å². The van der Waals surface area contributed by atoms with Crippen LogP contribution in [0.25, 0.3) is 0 Å². The van der Waals surface area contributed by atoms with E-state index < -0.39 is 23.7 Å². The molecule has 3 N–H and O–H groups in total. The van der Waals surface area contributed by atoms with Crippen LogP contribution in [-0.2, 0) is 4.79 Å². The molecule has 41 heavy (non-hydrogen) atoms. The number of carbonyl (C=O) groups is 2. The first-order valence-corrected chi connectivity index (χ1v) is 12.6. The summed E-state index contributed by atoms with van der Waals surface area (Å²) < 4.78 is 31.6. The number of hydrogen-bond acceptors (Lipinski definition) is 7. The molecule has 1 aromatic heterocycles. The maximum Gasteiger partial charge on any atom is 0.261 e. The van der Waals surface area contributed by atoms with Crippen molar-refractivity contribution < 1.29 is 28.2 Å². The van der Waals surface area contributed by atoms with Crippen molar-refractivity contribution >= 4 is 29.0 Å². The van der Waals surface area contributed by atoms with Gasteiger partial charge in [0.1, 0.15) is 29.0 Å². The third-order valence-electron chi connectivity index (χ3n) is 6.70. The van der Waals surface area contributed by atoms with E-state index in [1.807, 2.05) is 6.07 Å². The van der Waals surface area contributed by atoms with E-state index in [9.17, 15) is 14.0 Å². The van der Waals surface area contributed by atoms with E-state index in [0.29, 0.717) is 51.3 Å². The summed E-state index contributed by atoms with van der Waals surface area (Å²) in [7, 11) is 4.56. The largest absolute Gasteiger partial charge is 0.495 e. The lowest BCUT2D eigenvalue weighted by molar-refractivity contribution is -0.113. The van der Waals surface area contributed by atoms with Crippen LogP contribution in [0.4, 0.5) is 21.6 Å². The lowest BCUT2D eigenvalue weighted by atomic mass is 9.93. The van der Waals surface area contributed by atoms with Crippen molar-refractivity contribution in [1.29, 1.82) is 0 Å². The second-order valence-electron chi connectivity index (χ2n) is 9.12. The molecule has 11 heteroatoms. The number of hydrogen-bond donors (Lipinski definition) is 3. The van der Waals surface area contributed by atoms with Crippen LogP contribution in [0.2, 0.25) is 0 Å². The maximum atomic E-state index is 13.9. The Morgan fingerprint density at radius 2 is 1.59 bits per heavy atom. The molecule has 210 valence electrons. The van der Waals surface area contributed by atoms with E-state index in [1.165, 1.54) is 51.8 Å². The van der Waals surface area contributed by atoms with Crippen LogP contribution in [-0.4, -0.2) is 42.9 Å². The number of rotatable bonds is 8. The van der Waals surface area contributed by atoms with Gasteiger partial charge in [-0.15, -0.1) is 0 Å². The summed E-state index contributed by atoms with van der Waals surface area (Å²) in [6.07, 6.45) is 1.41. The Balaban J connectivity index is 1.61. The van der Waals surface area contributed by atoms with Crippen LogP contribution >= 0.6 is 0 Å². The Morgan fingerprint density at radius 3 is 2.29 bits per heavy atom. The van der Waals surface area contributed by atoms with E-state index in [-0.39, 0.29) is 5.56 Å². The van der Waals surface area contributed by atoms with Gasteiger partial charge in [-0.25, -0.2) is 9.07 Å². The maximum absolute atomic E-state index is 13.9. The quantitative estimate of drug-likeness (QED) is 0.272. The molecule has 5 rings (SSSR count). The second kappa shape index (κ2) is 11.4. The minimum absolute atomic E-state index is 0.227. The van der Waals surface area contributed by atoms with Crippen molar-refractivity contribution in [3.8, 4) is 17.2 Å². The molecule has 0 unspecified atom stereocenters. The molecule has 0 saturated heterocycles. The average Bonchev–Trinajstić information content (AvgIpc) is 3.40. The smallest absolute Gasteiger partial charge is 0.261 e. The summed E-state index contributed by atoms with van der Waals surface area (Å²) in [5, 5.41) is 13.4. The molecule has 0 spiro atoms. The Kier molecular flexibility index (Phi) is 7.59. The third-order valence-corrected chi connectivity index (χ3v) is 6.70. The third kappa shape index (κ3) is 5.17. The topological polar surface area (TPSA) is 116 Å². The molecule has 1 aliphatic heterocycles. The number of benzene rings is 3. The summed E-state index contributed by atoms with van der Waals surface area (Å²) in [5.74, 6) is 0.458. The average molecular weight is 558 g/mol. The van der Waals surface area contributed by atoms with E-state index in [1.54, 1.807) is 48.0 Å². The summed E-state index contributed by atoms with van der Waals surface area (Å²) >= 11 is 0. The number of fused-ring (bicyclic) bond motifs is 1. The molecule has 0 bridgehead atoms. The van der Waals surface area contributed by atoms with Gasteiger partial charge in [0.25, 0.3) is 11.8 Å². The first-order chi connectivity index (χ1) is 19.9. The molecule has 3 aromatic carbocycles. The Morgan fingerprint density at radius 1 is 0.878 bits per heavy atom. The van der Waals surface area contributed by atoms with Crippen LogP contribution in [0.15, 0.2) is 84.2 Å². The Bertz CT molecular complexity index is 1650. The molecular formula is C30H28FN5O5. The molecule has 0 radical (unpaired) electrons. The number of aromatic nitrogens is 2. The molecule has 1 atom stereocenters. The van der Waals surface area contributed by atoms with Gasteiger partial charge in [0.15, 0.2) is 11.5 Å². The molecule has 2 amide bonds. The lowest BCUT2D eigenvalue weighted by Gasteiger charge is -2.31. The number of halogens is 1. The van der Waals surface area contributed by atoms with Gasteiger partial charge in [-0.3, -0.25) is 9.59 Å². The molecular weight excluding hydrogens is 529 g/mol. The van der Waals surface area contributed by atoms with Crippen molar-refractivity contribution in [3.63, 3.8) is 0 Å². The van der Waals surface area contributed by atoms with Gasteiger partial charge in [-0.2, -0.15) is 5.10 Å². The summed E-state index contributed by atoms with van der Waals surface area (Å²) in [6.45, 7) is 1.74. The highest BCUT2D eigenvalue weighted by Gasteiger charge is 2.37. The number of anilines is 3. The summed E-state index contributed by atoms with van der Waals surface area (Å²) in [5.41, 5.74) is 2.56. The number of ether oxygens (including phenoxy) is 3. The molecule has 2 heterocycles. The fourth-order valence-electron chi connectivity index (χ4n) is 4.80. The van der Waals surface area contributed by atoms with Crippen molar-refractivity contribution in [2.24, 2.45) is 0 Å². The zero-order valence-corrected chi connectivity index (χ0v) is 22.8. The number of para-hydroxylation sites is 3. The van der Waals surface area contributed by atoms with Gasteiger partial charge in [0.05, 0.1) is 38.8 Å². The zero-order chi connectivity index (χ0) is 29.1. The van der Waals surface area contributed by atoms with Crippen LogP contribution in [0.5, 0.6) is 17.2 Å². The summed E-state index contributed by atoms with van der Waals surface area (Å²) in [4.78, 5) is 27.2. The van der Waals surface area contributed by atoms with E-state index in [0.717, 1.165) is 0 Å². The van der Waals surface area contributed by atoms with Gasteiger partial charge in [0, 0.05) is 16.9 Å². The van der Waals surface area contributed by atoms with E-state index in [2.05, 4.69) is 21.0 Å². The first-order valence-electron chi connectivity index (χ1n) is 12.6. The summed E-state index contributed by atoms with van der Waals surface area (Å²) in [6, 6.07) is 17.1. The van der Waals surface area contributed by atoms with Crippen LogP contribution < -0.4 is 30.2 Å². The van der Waals surface area contributed by atoms with Crippen LogP contribution in [0.3, 0.4) is 0 Å². The Labute approximate surface area is 235 Å². The van der Waals surface area contributed by atoms with Gasteiger partial charge in [0.2, 0.25) is 0 Å². The minimum Gasteiger partial charge on any atom is -0.495 e. The number of nitrogens with zero attached hydrogens (tertiary/aromatic N) is 2. The van der Waals surface area contributed by atoms with Crippen LogP contribution in [0.1, 0.15) is 28.9 Å². The molecule has 1 aliphatic rings. The van der Waals surface area contributed by atoms with Gasteiger partial charge in [-0.05, 0) is 49.4 Å².